The van der Waals surface area contributed by atoms with Gasteiger partial charge in [-0.05, 0) is 120 Å². The molecule has 0 aliphatic carbocycles. The summed E-state index contributed by atoms with van der Waals surface area (Å²) in [7, 11) is 0. The molecule has 4 aromatic heterocycles. The number of aliphatic carboxylic acids is 4. The Bertz CT molecular complexity index is 3160. The fourth-order valence-corrected chi connectivity index (χ4v) is 11.4. The first-order valence-corrected chi connectivity index (χ1v) is 27.8. The Labute approximate surface area is 456 Å². The van der Waals surface area contributed by atoms with E-state index in [1.165, 1.54) is 16.2 Å². The normalized spacial score (nSPS) is 19.4. The zero-order valence-electron chi connectivity index (χ0n) is 45.5. The van der Waals surface area contributed by atoms with Gasteiger partial charge in [-0.15, -0.1) is 22.7 Å². The molecule has 6 aromatic rings. The van der Waals surface area contributed by atoms with Crippen molar-refractivity contribution in [1.29, 1.82) is 0 Å². The number of aromatic nitrogens is 4. The van der Waals surface area contributed by atoms with Crippen LogP contribution in [0.25, 0.3) is 43.2 Å². The fourth-order valence-electron chi connectivity index (χ4n) is 9.56. The van der Waals surface area contributed by atoms with Gasteiger partial charge < -0.3 is 34.6 Å². The Balaban J connectivity index is 0.000000227. The molecular formula is C57H70N6O12S2. The third kappa shape index (κ3) is 13.9. The van der Waals surface area contributed by atoms with Gasteiger partial charge in [0.1, 0.15) is 62.8 Å². The highest BCUT2D eigenvalue weighted by Gasteiger charge is 2.50. The molecule has 2 aliphatic heterocycles. The van der Waals surface area contributed by atoms with Crippen molar-refractivity contribution in [3.05, 3.63) is 80.8 Å². The van der Waals surface area contributed by atoms with Crippen molar-refractivity contribution in [3.8, 4) is 32.9 Å². The van der Waals surface area contributed by atoms with Crippen molar-refractivity contribution in [2.45, 2.75) is 181 Å². The van der Waals surface area contributed by atoms with E-state index in [4.69, 9.17) is 39.3 Å². The lowest BCUT2D eigenvalue weighted by Gasteiger charge is -2.32. The summed E-state index contributed by atoms with van der Waals surface area (Å²) in [4.78, 5) is 80.3. The molecule has 2 fully saturated rings. The lowest BCUT2D eigenvalue weighted by Crippen LogP contribution is -2.48. The molecule has 0 bridgehead atoms. The molecule has 0 spiro atoms. The van der Waals surface area contributed by atoms with Crippen molar-refractivity contribution in [3.63, 3.8) is 0 Å². The maximum atomic E-state index is 13.3. The fraction of sp³-hybridized carbons (Fsp3) is 0.491. The van der Waals surface area contributed by atoms with Crippen LogP contribution >= 0.6 is 22.7 Å². The van der Waals surface area contributed by atoms with Crippen molar-refractivity contribution >= 4 is 74.4 Å². The van der Waals surface area contributed by atoms with Crippen molar-refractivity contribution in [2.24, 2.45) is 0 Å². The number of carboxylic acids is 4. The molecule has 8 rings (SSSR count). The summed E-state index contributed by atoms with van der Waals surface area (Å²) >= 11 is 3.04. The quantitative estimate of drug-likeness (QED) is 0.0536. The van der Waals surface area contributed by atoms with E-state index in [9.17, 15) is 39.3 Å². The Morgan fingerprint density at radius 1 is 0.675 bits per heavy atom. The van der Waals surface area contributed by atoms with E-state index in [0.717, 1.165) is 71.2 Å². The molecule has 6 atom stereocenters. The van der Waals surface area contributed by atoms with E-state index in [0.29, 0.717) is 42.4 Å². The van der Waals surface area contributed by atoms with Crippen LogP contribution in [0.1, 0.15) is 145 Å². The highest BCUT2D eigenvalue weighted by molar-refractivity contribution is 7.13. The van der Waals surface area contributed by atoms with E-state index in [1.807, 2.05) is 74.9 Å². The average molecular weight is 1100 g/mol. The van der Waals surface area contributed by atoms with Crippen LogP contribution in [0.15, 0.2) is 47.2 Å². The Hall–Kier alpha value is -6.77. The van der Waals surface area contributed by atoms with Crippen LogP contribution in [0.4, 0.5) is 4.79 Å². The standard InChI is InChI=1S/C31H39N3O7S.C26H31N3O5S/c1-16(2)21-15-42-28(33-21)20-13-24(19-12-11-17(3)18(4)27(19)32-20)40-25-14-23(29(37)38)34(30(39)41-31(5,6)7)22(25)9-8-10-26(35)36;1-13(2)20-12-35-25(29-20)18-10-21(16-9-8-14(3)15(4)24(16)28-18)34-22-11-19(26(32)33)27-17(22)6-5-7-23(30)31/h11-13,15-16,22-23,25H,8-10,14H2,1-7H3,(H,35,36)(H,37,38);8-10,12-13,17,19,22,27H,5-7,11H2,1-4H3,(H,30,31)(H,32,33)/t22-,23+,25-;17-,19+,22-/m11/s1. The summed E-state index contributed by atoms with van der Waals surface area (Å²) in [6.45, 7) is 21.6. The summed E-state index contributed by atoms with van der Waals surface area (Å²) in [6, 6.07) is 8.74. The number of benzene rings is 2. The number of hydrogen-bond donors (Lipinski definition) is 5. The van der Waals surface area contributed by atoms with E-state index in [-0.39, 0.29) is 44.1 Å². The van der Waals surface area contributed by atoms with Gasteiger partial charge in [0, 0.05) is 65.4 Å². The summed E-state index contributed by atoms with van der Waals surface area (Å²) in [5.74, 6) is -2.24. The van der Waals surface area contributed by atoms with Gasteiger partial charge in [0.05, 0.1) is 28.5 Å². The van der Waals surface area contributed by atoms with Crippen molar-refractivity contribution in [2.75, 3.05) is 0 Å². The second-order valence-corrected chi connectivity index (χ2v) is 23.3. The third-order valence-corrected chi connectivity index (χ3v) is 15.8. The van der Waals surface area contributed by atoms with Crippen LogP contribution in [0.5, 0.6) is 11.5 Å². The summed E-state index contributed by atoms with van der Waals surface area (Å²) < 4.78 is 18.7. The number of thiazole rings is 2. The van der Waals surface area contributed by atoms with E-state index in [1.54, 1.807) is 32.1 Å². The lowest BCUT2D eigenvalue weighted by molar-refractivity contribution is -0.143. The van der Waals surface area contributed by atoms with Gasteiger partial charge in [0.2, 0.25) is 0 Å². The summed E-state index contributed by atoms with van der Waals surface area (Å²) in [6.07, 6.45) is -0.244. The SMILES string of the molecule is Cc1ccc2c(O[C@@H]3C[C@@H](C(=O)O)N(C(=O)OC(C)(C)C)[C@@H]3CCCC(=O)O)cc(-c3nc(C(C)C)cs3)nc2c1C.Cc1ccc2c(O[C@@H]3C[C@@H](C(=O)O)N[C@@H]3CCCC(=O)O)cc(-c3nc(C(C)C)cs3)nc2c1C. The Morgan fingerprint density at radius 3 is 1.58 bits per heavy atom. The molecular weight excluding hydrogens is 1020 g/mol. The summed E-state index contributed by atoms with van der Waals surface area (Å²) in [5, 5.41) is 48.3. The number of hydrogen-bond acceptors (Lipinski definition) is 15. The molecule has 77 heavy (non-hydrogen) atoms. The molecule has 0 saturated carbocycles. The highest BCUT2D eigenvalue weighted by atomic mass is 32.1. The first-order chi connectivity index (χ1) is 36.3. The molecule has 2 saturated heterocycles. The second-order valence-electron chi connectivity index (χ2n) is 21.6. The van der Waals surface area contributed by atoms with Gasteiger partial charge in [0.15, 0.2) is 0 Å². The molecule has 0 radical (unpaired) electrons. The van der Waals surface area contributed by atoms with Gasteiger partial charge in [-0.2, -0.15) is 0 Å². The first-order valence-electron chi connectivity index (χ1n) is 26.0. The summed E-state index contributed by atoms with van der Waals surface area (Å²) in [5.41, 5.74) is 8.31. The molecule has 20 heteroatoms. The minimum Gasteiger partial charge on any atom is -0.488 e. The molecule has 5 N–H and O–H groups in total. The smallest absolute Gasteiger partial charge is 0.411 e. The van der Waals surface area contributed by atoms with Gasteiger partial charge in [-0.1, -0.05) is 39.8 Å². The zero-order chi connectivity index (χ0) is 56.2. The number of pyridine rings is 2. The number of ether oxygens (including phenoxy) is 3. The molecule has 2 aliphatic rings. The Kier molecular flexibility index (Phi) is 18.3. The predicted molar refractivity (Wildman–Crippen MR) is 295 cm³/mol. The number of fused-ring (bicyclic) bond motifs is 2. The van der Waals surface area contributed by atoms with Crippen molar-refractivity contribution < 1.29 is 58.6 Å². The van der Waals surface area contributed by atoms with Crippen molar-refractivity contribution in [1.82, 2.24) is 30.2 Å². The predicted octanol–water partition coefficient (Wildman–Crippen LogP) is 11.5. The minimum absolute atomic E-state index is 0.0189. The molecule has 6 heterocycles. The largest absolute Gasteiger partial charge is 0.488 e. The lowest BCUT2D eigenvalue weighted by atomic mass is 10.0. The molecule has 1 amide bonds. The number of nitrogens with one attached hydrogen (secondary N) is 1. The number of nitrogens with zero attached hydrogens (tertiary/aromatic N) is 5. The van der Waals surface area contributed by atoms with Crippen LogP contribution in [-0.2, 0) is 23.9 Å². The van der Waals surface area contributed by atoms with Gasteiger partial charge in [-0.3, -0.25) is 24.6 Å². The van der Waals surface area contributed by atoms with Crippen LogP contribution < -0.4 is 14.8 Å². The van der Waals surface area contributed by atoms with Crippen LogP contribution in [0.2, 0.25) is 0 Å². The van der Waals surface area contributed by atoms with Gasteiger partial charge >= 0.3 is 30.0 Å². The maximum Gasteiger partial charge on any atom is 0.411 e. The monoisotopic (exact) mass is 1090 g/mol. The highest BCUT2D eigenvalue weighted by Crippen LogP contribution is 2.40. The molecule has 412 valence electrons. The number of amides is 1. The number of rotatable bonds is 18. The first kappa shape index (κ1) is 57.9. The van der Waals surface area contributed by atoms with Gasteiger partial charge in [-0.25, -0.2) is 29.5 Å². The molecule has 2 aromatic carbocycles. The third-order valence-electron chi connectivity index (χ3n) is 14.1. The van der Waals surface area contributed by atoms with Crippen LogP contribution in [0.3, 0.4) is 0 Å². The number of carbonyl (C=O) groups excluding carboxylic acids is 1. The van der Waals surface area contributed by atoms with Crippen LogP contribution in [-0.4, -0.2) is 117 Å². The molecule has 0 unspecified atom stereocenters. The van der Waals surface area contributed by atoms with E-state index < -0.39 is 65.9 Å². The Morgan fingerprint density at radius 2 is 1.16 bits per heavy atom. The maximum absolute atomic E-state index is 13.3. The average Bonchev–Trinajstić information content (AvgIpc) is 4.18. The number of aryl methyl sites for hydroxylation is 4. The molecule has 18 nitrogen and oxygen atoms in total. The van der Waals surface area contributed by atoms with E-state index in [2.05, 4.69) is 33.0 Å². The second kappa shape index (κ2) is 24.3. The topological polar surface area (TPSA) is 261 Å². The number of carboxylic acid groups (broad SMARTS) is 4. The van der Waals surface area contributed by atoms with E-state index >= 15 is 0 Å². The zero-order valence-corrected chi connectivity index (χ0v) is 47.1. The van der Waals surface area contributed by atoms with Gasteiger partial charge in [0.25, 0.3) is 0 Å². The number of likely N-dealkylation sites (tertiary alicyclic amines) is 1. The number of carbonyl (C=O) groups is 5. The van der Waals surface area contributed by atoms with Crippen LogP contribution in [0, 0.1) is 27.7 Å². The minimum atomic E-state index is -1.19.